The van der Waals surface area contributed by atoms with Crippen LogP contribution >= 0.6 is 0 Å². The van der Waals surface area contributed by atoms with Crippen LogP contribution in [0.25, 0.3) is 0 Å². The van der Waals surface area contributed by atoms with E-state index in [1.54, 1.807) is 0 Å². The quantitative estimate of drug-likeness (QED) is 0.538. The van der Waals surface area contributed by atoms with E-state index in [9.17, 15) is 18.0 Å². The van der Waals surface area contributed by atoms with Crippen molar-refractivity contribution in [3.05, 3.63) is 0 Å². The van der Waals surface area contributed by atoms with Gasteiger partial charge in [0.15, 0.2) is 5.25 Å². The fraction of sp³-hybridized carbons (Fsp3) is 0.846. The minimum Gasteiger partial charge on any atom is -0.480 e. The SMILES string of the molecule is COC(=O)C(CC1CCCCC1)CC(C(=O)O)S(=O)(=O)O. The summed E-state index contributed by atoms with van der Waals surface area (Å²) in [5, 5.41) is 6.93. The zero-order valence-electron chi connectivity index (χ0n) is 12.0. The van der Waals surface area contributed by atoms with E-state index in [4.69, 9.17) is 9.66 Å². The Morgan fingerprint density at radius 2 is 1.81 bits per heavy atom. The largest absolute Gasteiger partial charge is 0.480 e. The lowest BCUT2D eigenvalue weighted by atomic mass is 9.81. The number of ether oxygens (including phenoxy) is 1. The molecule has 0 spiro atoms. The number of carboxylic acid groups (broad SMARTS) is 1. The molecule has 7 nitrogen and oxygen atoms in total. The van der Waals surface area contributed by atoms with Gasteiger partial charge in [0.1, 0.15) is 0 Å². The third-order valence-corrected chi connectivity index (χ3v) is 5.12. The van der Waals surface area contributed by atoms with E-state index in [1.807, 2.05) is 0 Å². The zero-order valence-corrected chi connectivity index (χ0v) is 12.8. The Hall–Kier alpha value is -1.15. The summed E-state index contributed by atoms with van der Waals surface area (Å²) in [5.74, 6) is -2.86. The van der Waals surface area contributed by atoms with Crippen molar-refractivity contribution in [3.63, 3.8) is 0 Å². The number of carbonyl (C=O) groups excluding carboxylic acids is 1. The lowest BCUT2D eigenvalue weighted by Gasteiger charge is -2.26. The summed E-state index contributed by atoms with van der Waals surface area (Å²) in [6.07, 6.45) is 5.07. The van der Waals surface area contributed by atoms with Gasteiger partial charge in [-0.3, -0.25) is 14.1 Å². The smallest absolute Gasteiger partial charge is 0.324 e. The number of aliphatic carboxylic acids is 1. The average molecular weight is 322 g/mol. The maximum atomic E-state index is 11.8. The maximum absolute atomic E-state index is 11.8. The second-order valence-electron chi connectivity index (χ2n) is 5.54. The molecule has 0 aliphatic heterocycles. The molecule has 0 amide bonds. The molecule has 21 heavy (non-hydrogen) atoms. The fourth-order valence-corrected chi connectivity index (χ4v) is 3.62. The van der Waals surface area contributed by atoms with Gasteiger partial charge in [-0.2, -0.15) is 8.42 Å². The van der Waals surface area contributed by atoms with E-state index in [0.717, 1.165) is 32.1 Å². The Morgan fingerprint density at radius 3 is 2.24 bits per heavy atom. The Kier molecular flexibility index (Phi) is 6.60. The molecule has 0 saturated heterocycles. The van der Waals surface area contributed by atoms with Crippen LogP contribution in [0.1, 0.15) is 44.9 Å². The van der Waals surface area contributed by atoms with Gasteiger partial charge in [-0.15, -0.1) is 0 Å². The molecule has 1 aliphatic rings. The van der Waals surface area contributed by atoms with Gasteiger partial charge < -0.3 is 9.84 Å². The van der Waals surface area contributed by atoms with E-state index in [-0.39, 0.29) is 5.92 Å². The molecule has 0 radical (unpaired) electrons. The summed E-state index contributed by atoms with van der Waals surface area (Å²) in [4.78, 5) is 22.8. The molecule has 0 aromatic carbocycles. The van der Waals surface area contributed by atoms with Gasteiger partial charge in [0.2, 0.25) is 0 Å². The summed E-state index contributed by atoms with van der Waals surface area (Å²) < 4.78 is 35.9. The minimum absolute atomic E-state index is 0.263. The Balaban J connectivity index is 2.81. The van der Waals surface area contributed by atoms with Crippen LogP contribution in [0.15, 0.2) is 0 Å². The zero-order chi connectivity index (χ0) is 16.0. The van der Waals surface area contributed by atoms with Crippen LogP contribution in [-0.4, -0.2) is 42.4 Å². The summed E-state index contributed by atoms with van der Waals surface area (Å²) >= 11 is 0. The van der Waals surface area contributed by atoms with Gasteiger partial charge in [-0.05, 0) is 18.8 Å². The van der Waals surface area contributed by atoms with Crippen molar-refractivity contribution in [3.8, 4) is 0 Å². The van der Waals surface area contributed by atoms with Gasteiger partial charge in [0, 0.05) is 0 Å². The van der Waals surface area contributed by atoms with Crippen molar-refractivity contribution >= 4 is 22.1 Å². The van der Waals surface area contributed by atoms with Crippen molar-refractivity contribution in [2.75, 3.05) is 7.11 Å². The topological polar surface area (TPSA) is 118 Å². The van der Waals surface area contributed by atoms with E-state index in [2.05, 4.69) is 4.74 Å². The van der Waals surface area contributed by atoms with Crippen LogP contribution in [0.4, 0.5) is 0 Å². The normalized spacial score (nSPS) is 19.7. The highest BCUT2D eigenvalue weighted by molar-refractivity contribution is 7.87. The van der Waals surface area contributed by atoms with Gasteiger partial charge >= 0.3 is 11.9 Å². The fourth-order valence-electron chi connectivity index (χ4n) is 2.89. The molecule has 122 valence electrons. The van der Waals surface area contributed by atoms with E-state index < -0.39 is 39.6 Å². The molecule has 0 bridgehead atoms. The second kappa shape index (κ2) is 7.74. The highest BCUT2D eigenvalue weighted by atomic mass is 32.2. The van der Waals surface area contributed by atoms with Crippen LogP contribution in [0.3, 0.4) is 0 Å². The van der Waals surface area contributed by atoms with Crippen molar-refractivity contribution in [2.24, 2.45) is 11.8 Å². The van der Waals surface area contributed by atoms with Crippen molar-refractivity contribution in [2.45, 2.75) is 50.2 Å². The molecule has 2 atom stereocenters. The molecule has 1 aliphatic carbocycles. The first-order valence-corrected chi connectivity index (χ1v) is 8.53. The Labute approximate surface area is 124 Å². The molecule has 1 saturated carbocycles. The Morgan fingerprint density at radius 1 is 1.24 bits per heavy atom. The second-order valence-corrected chi connectivity index (χ2v) is 7.14. The lowest BCUT2D eigenvalue weighted by Crippen LogP contribution is -2.35. The first kappa shape index (κ1) is 17.9. The number of rotatable bonds is 7. The predicted octanol–water partition coefficient (Wildman–Crippen LogP) is 1.48. The standard InChI is InChI=1S/C13H22O7S/c1-20-13(16)10(7-9-5-3-2-4-6-9)8-11(12(14)15)21(17,18)19/h9-11H,2-8H2,1H3,(H,14,15)(H,17,18,19). The van der Waals surface area contributed by atoms with Crippen molar-refractivity contribution in [1.82, 2.24) is 0 Å². The molecule has 2 unspecified atom stereocenters. The monoisotopic (exact) mass is 322 g/mol. The summed E-state index contributed by atoms with van der Waals surface area (Å²) in [6, 6.07) is 0. The van der Waals surface area contributed by atoms with Gasteiger partial charge in [-0.1, -0.05) is 32.1 Å². The van der Waals surface area contributed by atoms with Crippen molar-refractivity contribution in [1.29, 1.82) is 0 Å². The number of hydrogen-bond acceptors (Lipinski definition) is 5. The predicted molar refractivity (Wildman–Crippen MR) is 74.3 cm³/mol. The number of carbonyl (C=O) groups is 2. The van der Waals surface area contributed by atoms with Gasteiger partial charge in [-0.25, -0.2) is 0 Å². The number of carboxylic acids is 1. The van der Waals surface area contributed by atoms with Crippen LogP contribution in [0.5, 0.6) is 0 Å². The summed E-state index contributed by atoms with van der Waals surface area (Å²) in [5.41, 5.74) is 0. The molecule has 0 heterocycles. The first-order valence-electron chi connectivity index (χ1n) is 7.02. The lowest BCUT2D eigenvalue weighted by molar-refractivity contribution is -0.147. The molecule has 2 N–H and O–H groups in total. The maximum Gasteiger partial charge on any atom is 0.324 e. The van der Waals surface area contributed by atoms with Gasteiger partial charge in [0.05, 0.1) is 13.0 Å². The third kappa shape index (κ3) is 5.62. The number of esters is 1. The molecular weight excluding hydrogens is 300 g/mol. The molecular formula is C13H22O7S. The Bertz CT molecular complexity index is 465. The first-order chi connectivity index (χ1) is 9.75. The highest BCUT2D eigenvalue weighted by Gasteiger charge is 2.37. The molecule has 0 aromatic heterocycles. The van der Waals surface area contributed by atoms with E-state index in [0.29, 0.717) is 6.42 Å². The molecule has 1 fully saturated rings. The molecule has 8 heteroatoms. The van der Waals surface area contributed by atoms with Gasteiger partial charge in [0.25, 0.3) is 10.1 Å². The van der Waals surface area contributed by atoms with Crippen LogP contribution in [-0.2, 0) is 24.4 Å². The third-order valence-electron chi connectivity index (χ3n) is 4.01. The average Bonchev–Trinajstić information content (AvgIpc) is 2.41. The van der Waals surface area contributed by atoms with Crippen LogP contribution < -0.4 is 0 Å². The minimum atomic E-state index is -4.75. The molecule has 0 aromatic rings. The van der Waals surface area contributed by atoms with E-state index in [1.165, 1.54) is 7.11 Å². The molecule has 1 rings (SSSR count). The van der Waals surface area contributed by atoms with E-state index >= 15 is 0 Å². The highest BCUT2D eigenvalue weighted by Crippen LogP contribution is 2.31. The van der Waals surface area contributed by atoms with Crippen molar-refractivity contribution < 1.29 is 32.4 Å². The summed E-state index contributed by atoms with van der Waals surface area (Å²) in [7, 11) is -3.57. The van der Waals surface area contributed by atoms with Crippen LogP contribution in [0.2, 0.25) is 0 Å². The summed E-state index contributed by atoms with van der Waals surface area (Å²) in [6.45, 7) is 0. The number of hydrogen-bond donors (Lipinski definition) is 2. The number of methoxy groups -OCH3 is 1. The van der Waals surface area contributed by atoms with Crippen LogP contribution in [0, 0.1) is 11.8 Å².